The Morgan fingerprint density at radius 3 is 2.32 bits per heavy atom. The quantitative estimate of drug-likeness (QED) is 0.854. The molecule has 0 aliphatic carbocycles. The normalized spacial score (nSPS) is 22.8. The second-order valence-corrected chi connectivity index (χ2v) is 5.58. The zero-order chi connectivity index (χ0) is 14.0. The van der Waals surface area contributed by atoms with Crippen LogP contribution in [0.3, 0.4) is 0 Å². The largest absolute Gasteiger partial charge is 0.377 e. The summed E-state index contributed by atoms with van der Waals surface area (Å²) in [5.41, 5.74) is 1.80. The first kappa shape index (κ1) is 14.5. The first-order chi connectivity index (χ1) is 9.06. The first-order valence-electron chi connectivity index (χ1n) is 6.17. The third-order valence-electron chi connectivity index (χ3n) is 3.53. The number of rotatable bonds is 3. The minimum Gasteiger partial charge on any atom is -0.377 e. The number of likely N-dealkylation sites (tertiary alicyclic amines) is 1. The summed E-state index contributed by atoms with van der Waals surface area (Å²) in [7, 11) is 3.29. The molecule has 1 aliphatic rings. The Labute approximate surface area is 121 Å². The van der Waals surface area contributed by atoms with Crippen LogP contribution in [-0.2, 0) is 9.47 Å². The van der Waals surface area contributed by atoms with Crippen LogP contribution < -0.4 is 0 Å². The number of carbonyl (C=O) groups is 1. The Morgan fingerprint density at radius 1 is 1.26 bits per heavy atom. The molecule has 0 saturated carbocycles. The van der Waals surface area contributed by atoms with Gasteiger partial charge in [0.2, 0.25) is 0 Å². The lowest BCUT2D eigenvalue weighted by atomic mass is 10.1. The van der Waals surface area contributed by atoms with Crippen LogP contribution in [0, 0.1) is 6.92 Å². The highest BCUT2D eigenvalue weighted by Gasteiger charge is 2.35. The van der Waals surface area contributed by atoms with E-state index >= 15 is 0 Å². The number of carbonyl (C=O) groups excluding carboxylic acids is 1. The number of ether oxygens (including phenoxy) is 2. The summed E-state index contributed by atoms with van der Waals surface area (Å²) >= 11 is 3.45. The van der Waals surface area contributed by atoms with E-state index in [9.17, 15) is 4.79 Å². The molecule has 0 radical (unpaired) electrons. The minimum absolute atomic E-state index is 0.0160. The van der Waals surface area contributed by atoms with E-state index in [1.54, 1.807) is 19.1 Å². The molecule has 1 amide bonds. The molecule has 104 valence electrons. The lowest BCUT2D eigenvalue weighted by Crippen LogP contribution is -2.30. The molecular weight excluding hydrogens is 310 g/mol. The zero-order valence-corrected chi connectivity index (χ0v) is 12.9. The number of amides is 1. The molecule has 1 aliphatic heterocycles. The predicted molar refractivity (Wildman–Crippen MR) is 76.4 cm³/mol. The molecule has 2 rings (SSSR count). The van der Waals surface area contributed by atoms with Crippen LogP contribution in [0.25, 0.3) is 0 Å². The number of hydrogen-bond acceptors (Lipinski definition) is 3. The average Bonchev–Trinajstić information content (AvgIpc) is 2.84. The smallest absolute Gasteiger partial charge is 0.254 e. The van der Waals surface area contributed by atoms with Crippen molar-refractivity contribution in [3.05, 3.63) is 33.8 Å². The fraction of sp³-hybridized carbons (Fsp3) is 0.500. The molecule has 1 saturated heterocycles. The second kappa shape index (κ2) is 6.03. The van der Waals surface area contributed by atoms with Crippen molar-refractivity contribution in [3.8, 4) is 0 Å². The lowest BCUT2D eigenvalue weighted by molar-refractivity contribution is -0.00461. The summed E-state index contributed by atoms with van der Waals surface area (Å²) in [5, 5.41) is 0. The van der Waals surface area contributed by atoms with E-state index in [0.717, 1.165) is 10.0 Å². The summed E-state index contributed by atoms with van der Waals surface area (Å²) < 4.78 is 11.6. The van der Waals surface area contributed by atoms with E-state index in [4.69, 9.17) is 9.47 Å². The molecule has 1 aromatic carbocycles. The van der Waals surface area contributed by atoms with Crippen molar-refractivity contribution in [2.75, 3.05) is 27.3 Å². The molecule has 19 heavy (non-hydrogen) atoms. The zero-order valence-electron chi connectivity index (χ0n) is 11.4. The number of nitrogens with zero attached hydrogens (tertiary/aromatic N) is 1. The predicted octanol–water partition coefficient (Wildman–Crippen LogP) is 2.24. The Bertz CT molecular complexity index is 466. The van der Waals surface area contributed by atoms with Gasteiger partial charge < -0.3 is 14.4 Å². The fourth-order valence-corrected chi connectivity index (χ4v) is 2.65. The van der Waals surface area contributed by atoms with Gasteiger partial charge in [0, 0.05) is 37.3 Å². The van der Waals surface area contributed by atoms with Crippen LogP contribution in [0.5, 0.6) is 0 Å². The highest BCUT2D eigenvalue weighted by atomic mass is 79.9. The molecule has 5 heteroatoms. The average molecular weight is 328 g/mol. The minimum atomic E-state index is -0.0529. The van der Waals surface area contributed by atoms with Crippen molar-refractivity contribution < 1.29 is 14.3 Å². The molecule has 1 fully saturated rings. The number of hydrogen-bond donors (Lipinski definition) is 0. The van der Waals surface area contributed by atoms with Crippen molar-refractivity contribution in [1.82, 2.24) is 4.90 Å². The van der Waals surface area contributed by atoms with E-state index in [1.165, 1.54) is 0 Å². The molecule has 0 bridgehead atoms. The number of aryl methyl sites for hydroxylation is 1. The van der Waals surface area contributed by atoms with Crippen LogP contribution in [-0.4, -0.2) is 50.3 Å². The Morgan fingerprint density at radius 2 is 1.84 bits per heavy atom. The van der Waals surface area contributed by atoms with Gasteiger partial charge >= 0.3 is 0 Å². The Balaban J connectivity index is 2.14. The summed E-state index contributed by atoms with van der Waals surface area (Å²) in [5.74, 6) is 0.0160. The molecule has 0 aromatic heterocycles. The molecule has 2 atom stereocenters. The molecular formula is C14H18BrNO3. The van der Waals surface area contributed by atoms with Gasteiger partial charge in [0.1, 0.15) is 12.2 Å². The Kier molecular flexibility index (Phi) is 4.60. The third-order valence-corrected chi connectivity index (χ3v) is 4.38. The van der Waals surface area contributed by atoms with Crippen LogP contribution in [0.2, 0.25) is 0 Å². The molecule has 2 unspecified atom stereocenters. The number of halogens is 1. The van der Waals surface area contributed by atoms with Crippen LogP contribution in [0.15, 0.2) is 22.7 Å². The van der Waals surface area contributed by atoms with Crippen molar-refractivity contribution in [1.29, 1.82) is 0 Å². The maximum absolute atomic E-state index is 12.4. The van der Waals surface area contributed by atoms with Crippen molar-refractivity contribution in [2.24, 2.45) is 0 Å². The van der Waals surface area contributed by atoms with Crippen LogP contribution in [0.1, 0.15) is 15.9 Å². The van der Waals surface area contributed by atoms with Gasteiger partial charge in [-0.2, -0.15) is 0 Å². The standard InChI is InChI=1S/C14H18BrNO3/c1-9-4-5-10(6-11(9)15)14(17)16-7-12(18-2)13(8-16)19-3/h4-6,12-13H,7-8H2,1-3H3. The Hall–Kier alpha value is -0.910. The van der Waals surface area contributed by atoms with Gasteiger partial charge in [-0.1, -0.05) is 22.0 Å². The SMILES string of the molecule is COC1CN(C(=O)c2ccc(C)c(Br)c2)CC1OC. The first-order valence-corrected chi connectivity index (χ1v) is 6.97. The summed E-state index contributed by atoms with van der Waals surface area (Å²) in [6.07, 6.45) is -0.106. The van der Waals surface area contributed by atoms with E-state index in [-0.39, 0.29) is 18.1 Å². The van der Waals surface area contributed by atoms with Gasteiger partial charge in [-0.3, -0.25) is 4.79 Å². The van der Waals surface area contributed by atoms with E-state index in [2.05, 4.69) is 15.9 Å². The van der Waals surface area contributed by atoms with Crippen LogP contribution in [0.4, 0.5) is 0 Å². The summed E-state index contributed by atoms with van der Waals surface area (Å²) in [6.45, 7) is 3.13. The maximum atomic E-state index is 12.4. The van der Waals surface area contributed by atoms with Gasteiger partial charge in [-0.25, -0.2) is 0 Å². The molecule has 1 heterocycles. The molecule has 4 nitrogen and oxygen atoms in total. The van der Waals surface area contributed by atoms with E-state index in [0.29, 0.717) is 18.7 Å². The fourth-order valence-electron chi connectivity index (χ4n) is 2.27. The molecule has 1 aromatic rings. The maximum Gasteiger partial charge on any atom is 0.254 e. The van der Waals surface area contributed by atoms with Crippen molar-refractivity contribution in [2.45, 2.75) is 19.1 Å². The molecule has 0 spiro atoms. The van der Waals surface area contributed by atoms with Crippen molar-refractivity contribution in [3.63, 3.8) is 0 Å². The second-order valence-electron chi connectivity index (χ2n) is 4.72. The van der Waals surface area contributed by atoms with Gasteiger partial charge in [0.15, 0.2) is 0 Å². The van der Waals surface area contributed by atoms with E-state index in [1.807, 2.05) is 25.1 Å². The van der Waals surface area contributed by atoms with Crippen LogP contribution >= 0.6 is 15.9 Å². The highest BCUT2D eigenvalue weighted by molar-refractivity contribution is 9.10. The third kappa shape index (κ3) is 2.99. The lowest BCUT2D eigenvalue weighted by Gasteiger charge is -2.16. The van der Waals surface area contributed by atoms with Gasteiger partial charge in [-0.15, -0.1) is 0 Å². The van der Waals surface area contributed by atoms with E-state index < -0.39 is 0 Å². The topological polar surface area (TPSA) is 38.8 Å². The monoisotopic (exact) mass is 327 g/mol. The van der Waals surface area contributed by atoms with Gasteiger partial charge in [0.05, 0.1) is 0 Å². The van der Waals surface area contributed by atoms with Crippen molar-refractivity contribution >= 4 is 21.8 Å². The van der Waals surface area contributed by atoms with Gasteiger partial charge in [0.25, 0.3) is 5.91 Å². The molecule has 0 N–H and O–H groups in total. The van der Waals surface area contributed by atoms with Gasteiger partial charge in [-0.05, 0) is 24.6 Å². The highest BCUT2D eigenvalue weighted by Crippen LogP contribution is 2.22. The number of methoxy groups -OCH3 is 2. The summed E-state index contributed by atoms with van der Waals surface area (Å²) in [6, 6.07) is 5.65. The summed E-state index contributed by atoms with van der Waals surface area (Å²) in [4.78, 5) is 14.2. The number of benzene rings is 1.